The molecule has 0 radical (unpaired) electrons. The van der Waals surface area contributed by atoms with E-state index in [1.165, 1.54) is 5.69 Å². The second-order valence-corrected chi connectivity index (χ2v) is 2.28. The third-order valence-corrected chi connectivity index (χ3v) is 1.41. The van der Waals surface area contributed by atoms with Crippen LogP contribution >= 0.6 is 0 Å². The van der Waals surface area contributed by atoms with Gasteiger partial charge in [-0.05, 0) is 6.92 Å². The van der Waals surface area contributed by atoms with Crippen LogP contribution in [0, 0.1) is 13.8 Å². The third-order valence-electron chi connectivity index (χ3n) is 1.41. The van der Waals surface area contributed by atoms with Gasteiger partial charge in [-0.3, -0.25) is 0 Å². The van der Waals surface area contributed by atoms with E-state index in [2.05, 4.69) is 18.0 Å². The van der Waals surface area contributed by atoms with Crippen molar-refractivity contribution in [1.82, 2.24) is 4.98 Å². The van der Waals surface area contributed by atoms with Crippen LogP contribution < -0.4 is 4.57 Å². The fourth-order valence-corrected chi connectivity index (χ4v) is 0.710. The SMILES string of the molecule is Cc1cc(C)[n+](C)cn1. The summed E-state index contributed by atoms with van der Waals surface area (Å²) in [6, 6.07) is 2.06. The van der Waals surface area contributed by atoms with Gasteiger partial charge >= 0.3 is 0 Å². The van der Waals surface area contributed by atoms with Gasteiger partial charge in [0.25, 0.3) is 6.33 Å². The predicted molar refractivity (Wildman–Crippen MR) is 34.9 cm³/mol. The average molecular weight is 123 g/mol. The Morgan fingerprint density at radius 1 is 1.44 bits per heavy atom. The zero-order chi connectivity index (χ0) is 6.85. The summed E-state index contributed by atoms with van der Waals surface area (Å²) in [6.45, 7) is 4.06. The largest absolute Gasteiger partial charge is 0.286 e. The van der Waals surface area contributed by atoms with Gasteiger partial charge < -0.3 is 0 Å². The first-order valence-electron chi connectivity index (χ1n) is 2.99. The fourth-order valence-electron chi connectivity index (χ4n) is 0.710. The molecular formula is C7H11N2+. The highest BCUT2D eigenvalue weighted by Crippen LogP contribution is 1.89. The molecule has 0 saturated carbocycles. The van der Waals surface area contributed by atoms with Crippen molar-refractivity contribution in [3.8, 4) is 0 Å². The molecule has 0 fully saturated rings. The monoisotopic (exact) mass is 123 g/mol. The van der Waals surface area contributed by atoms with E-state index in [1.54, 1.807) is 0 Å². The quantitative estimate of drug-likeness (QED) is 0.460. The van der Waals surface area contributed by atoms with Crippen molar-refractivity contribution in [3.63, 3.8) is 0 Å². The Labute approximate surface area is 55.2 Å². The van der Waals surface area contributed by atoms with E-state index in [9.17, 15) is 0 Å². The highest BCUT2D eigenvalue weighted by atomic mass is 15.0. The molecule has 0 unspecified atom stereocenters. The first kappa shape index (κ1) is 6.20. The van der Waals surface area contributed by atoms with Gasteiger partial charge in [0, 0.05) is 13.0 Å². The minimum atomic E-state index is 1.07. The molecule has 0 aliphatic rings. The maximum atomic E-state index is 4.10. The molecule has 0 spiro atoms. The molecule has 2 nitrogen and oxygen atoms in total. The molecule has 1 heterocycles. The van der Waals surface area contributed by atoms with Crippen molar-refractivity contribution < 1.29 is 4.57 Å². The molecule has 0 aliphatic heterocycles. The first-order valence-corrected chi connectivity index (χ1v) is 2.99. The van der Waals surface area contributed by atoms with E-state index in [0.29, 0.717) is 0 Å². The zero-order valence-corrected chi connectivity index (χ0v) is 6.05. The minimum absolute atomic E-state index is 1.07. The molecule has 0 aliphatic carbocycles. The molecule has 1 aromatic rings. The van der Waals surface area contributed by atoms with Gasteiger partial charge in [-0.2, -0.15) is 0 Å². The number of aryl methyl sites for hydroxylation is 3. The lowest BCUT2D eigenvalue weighted by Crippen LogP contribution is -2.32. The second kappa shape index (κ2) is 2.13. The molecule has 1 aromatic heterocycles. The predicted octanol–water partition coefficient (Wildman–Crippen LogP) is 0.523. The lowest BCUT2D eigenvalue weighted by atomic mass is 10.3. The normalized spacial score (nSPS) is 9.67. The third kappa shape index (κ3) is 1.25. The van der Waals surface area contributed by atoms with Crippen LogP contribution in [-0.2, 0) is 7.05 Å². The van der Waals surface area contributed by atoms with Crippen LogP contribution in [0.5, 0.6) is 0 Å². The highest BCUT2D eigenvalue weighted by molar-refractivity contribution is 4.98. The van der Waals surface area contributed by atoms with E-state index in [0.717, 1.165) is 5.69 Å². The summed E-state index contributed by atoms with van der Waals surface area (Å²) in [5.74, 6) is 0. The maximum Gasteiger partial charge on any atom is 0.286 e. The highest BCUT2D eigenvalue weighted by Gasteiger charge is 1.97. The van der Waals surface area contributed by atoms with Gasteiger partial charge in [0.2, 0.25) is 0 Å². The summed E-state index contributed by atoms with van der Waals surface area (Å²) in [6.07, 6.45) is 1.82. The number of nitrogens with zero attached hydrogens (tertiary/aromatic N) is 2. The summed E-state index contributed by atoms with van der Waals surface area (Å²) in [5, 5.41) is 0. The smallest absolute Gasteiger partial charge is 0.237 e. The Hall–Kier alpha value is -0.920. The van der Waals surface area contributed by atoms with E-state index in [1.807, 2.05) is 24.9 Å². The lowest BCUT2D eigenvalue weighted by molar-refractivity contribution is -0.680. The van der Waals surface area contributed by atoms with Crippen molar-refractivity contribution >= 4 is 0 Å². The number of hydrogen-bond donors (Lipinski definition) is 0. The van der Waals surface area contributed by atoms with Gasteiger partial charge in [-0.25, -0.2) is 4.57 Å². The van der Waals surface area contributed by atoms with Gasteiger partial charge in [-0.15, -0.1) is 0 Å². The van der Waals surface area contributed by atoms with E-state index in [4.69, 9.17) is 0 Å². The molecular weight excluding hydrogens is 112 g/mol. The van der Waals surface area contributed by atoms with E-state index in [-0.39, 0.29) is 0 Å². The Balaban J connectivity index is 3.17. The summed E-state index contributed by atoms with van der Waals surface area (Å²) in [7, 11) is 1.99. The van der Waals surface area contributed by atoms with Crippen LogP contribution in [0.3, 0.4) is 0 Å². The van der Waals surface area contributed by atoms with Crippen molar-refractivity contribution in [2.45, 2.75) is 13.8 Å². The zero-order valence-electron chi connectivity index (χ0n) is 6.05. The number of rotatable bonds is 0. The van der Waals surface area contributed by atoms with E-state index < -0.39 is 0 Å². The Morgan fingerprint density at radius 2 is 2.11 bits per heavy atom. The first-order chi connectivity index (χ1) is 4.20. The molecule has 9 heavy (non-hydrogen) atoms. The van der Waals surface area contributed by atoms with Crippen molar-refractivity contribution in [1.29, 1.82) is 0 Å². The standard InChI is InChI=1S/C7H11N2/c1-6-4-7(2)9(3)5-8-6/h4-5H,1-3H3/q+1. The maximum absolute atomic E-state index is 4.10. The molecule has 48 valence electrons. The van der Waals surface area contributed by atoms with Crippen molar-refractivity contribution in [2.75, 3.05) is 0 Å². The molecule has 0 amide bonds. The molecule has 0 N–H and O–H groups in total. The van der Waals surface area contributed by atoms with Crippen LogP contribution in [-0.4, -0.2) is 4.98 Å². The Morgan fingerprint density at radius 3 is 2.56 bits per heavy atom. The molecule has 0 atom stereocenters. The molecule has 0 saturated heterocycles. The van der Waals surface area contributed by atoms with Crippen LogP contribution in [0.4, 0.5) is 0 Å². The van der Waals surface area contributed by atoms with Gasteiger partial charge in [-0.1, -0.05) is 4.98 Å². The summed E-state index contributed by atoms with van der Waals surface area (Å²) < 4.78 is 1.99. The summed E-state index contributed by atoms with van der Waals surface area (Å²) in [5.41, 5.74) is 2.31. The van der Waals surface area contributed by atoms with Crippen LogP contribution in [0.25, 0.3) is 0 Å². The van der Waals surface area contributed by atoms with E-state index >= 15 is 0 Å². The van der Waals surface area contributed by atoms with Gasteiger partial charge in [0.05, 0.1) is 7.05 Å². The summed E-state index contributed by atoms with van der Waals surface area (Å²) in [4.78, 5) is 4.10. The molecule has 2 heteroatoms. The van der Waals surface area contributed by atoms with Crippen LogP contribution in [0.15, 0.2) is 12.4 Å². The van der Waals surface area contributed by atoms with Crippen LogP contribution in [0.1, 0.15) is 11.4 Å². The Kier molecular flexibility index (Phi) is 1.47. The second-order valence-electron chi connectivity index (χ2n) is 2.28. The van der Waals surface area contributed by atoms with Crippen molar-refractivity contribution in [2.24, 2.45) is 7.05 Å². The number of hydrogen-bond acceptors (Lipinski definition) is 1. The molecule has 0 bridgehead atoms. The molecule has 1 rings (SSSR count). The van der Waals surface area contributed by atoms with Crippen molar-refractivity contribution in [3.05, 3.63) is 23.8 Å². The van der Waals surface area contributed by atoms with Gasteiger partial charge in [0.1, 0.15) is 5.69 Å². The topological polar surface area (TPSA) is 16.8 Å². The van der Waals surface area contributed by atoms with Crippen LogP contribution in [0.2, 0.25) is 0 Å². The minimum Gasteiger partial charge on any atom is -0.237 e. The lowest BCUT2D eigenvalue weighted by Gasteiger charge is -1.91. The average Bonchev–Trinajstić information content (AvgIpc) is 1.80. The summed E-state index contributed by atoms with van der Waals surface area (Å²) >= 11 is 0. The molecule has 0 aromatic carbocycles. The fraction of sp³-hybridized carbons (Fsp3) is 0.429. The van der Waals surface area contributed by atoms with Gasteiger partial charge in [0.15, 0.2) is 5.69 Å². The Bertz CT molecular complexity index is 218. The number of aromatic nitrogens is 2.